The average molecular weight is 240 g/mol. The van der Waals surface area contributed by atoms with Gasteiger partial charge in [-0.2, -0.15) is 0 Å². The third-order valence-corrected chi connectivity index (χ3v) is 2.41. The summed E-state index contributed by atoms with van der Waals surface area (Å²) in [5.41, 5.74) is 1.58. The number of hydrogen-bond donors (Lipinski definition) is 1. The van der Waals surface area contributed by atoms with Crippen LogP contribution in [0.1, 0.15) is 5.56 Å². The number of rotatable bonds is 4. The van der Waals surface area contributed by atoms with E-state index in [1.807, 2.05) is 36.4 Å². The first kappa shape index (κ1) is 11.9. The zero-order valence-electron chi connectivity index (χ0n) is 9.61. The van der Waals surface area contributed by atoms with Gasteiger partial charge >= 0.3 is 0 Å². The fraction of sp³-hybridized carbons (Fsp3) is 0. The first-order valence-electron chi connectivity index (χ1n) is 5.49. The van der Waals surface area contributed by atoms with E-state index in [0.29, 0.717) is 5.69 Å². The van der Waals surface area contributed by atoms with Crippen molar-refractivity contribution in [2.45, 2.75) is 0 Å². The molecule has 0 bridgehead atoms. The molecule has 0 atom stereocenters. The molecular formula is C14H12N2O2. The first-order valence-corrected chi connectivity index (χ1v) is 5.49. The SMILES string of the molecule is O=[N+]([O-])c1ccccc1NC=Cc1ccccc1. The third kappa shape index (κ3) is 2.95. The summed E-state index contributed by atoms with van der Waals surface area (Å²) in [7, 11) is 0. The van der Waals surface area contributed by atoms with Gasteiger partial charge in [-0.05, 0) is 17.7 Å². The Balaban J connectivity index is 2.11. The van der Waals surface area contributed by atoms with E-state index in [0.717, 1.165) is 5.56 Å². The molecule has 1 N–H and O–H groups in total. The summed E-state index contributed by atoms with van der Waals surface area (Å²) >= 11 is 0. The minimum atomic E-state index is -0.404. The van der Waals surface area contributed by atoms with Crippen molar-refractivity contribution in [3.63, 3.8) is 0 Å². The number of hydrogen-bond acceptors (Lipinski definition) is 3. The van der Waals surface area contributed by atoms with Crippen LogP contribution in [-0.4, -0.2) is 4.92 Å². The van der Waals surface area contributed by atoms with Gasteiger partial charge in [0.1, 0.15) is 5.69 Å². The molecule has 0 radical (unpaired) electrons. The van der Waals surface area contributed by atoms with E-state index in [1.54, 1.807) is 24.4 Å². The van der Waals surface area contributed by atoms with E-state index in [1.165, 1.54) is 6.07 Å². The van der Waals surface area contributed by atoms with Crippen molar-refractivity contribution in [2.75, 3.05) is 5.32 Å². The molecule has 2 aromatic rings. The third-order valence-electron chi connectivity index (χ3n) is 2.41. The molecule has 90 valence electrons. The van der Waals surface area contributed by atoms with Crippen LogP contribution in [0.15, 0.2) is 60.8 Å². The Bertz CT molecular complexity index is 565. The van der Waals surface area contributed by atoms with Crippen LogP contribution in [0.4, 0.5) is 11.4 Å². The molecule has 4 nitrogen and oxygen atoms in total. The molecule has 2 aromatic carbocycles. The lowest BCUT2D eigenvalue weighted by atomic mass is 10.2. The molecule has 0 aliphatic rings. The van der Waals surface area contributed by atoms with Crippen molar-refractivity contribution in [2.24, 2.45) is 0 Å². The molecule has 0 heterocycles. The van der Waals surface area contributed by atoms with Gasteiger partial charge in [0.15, 0.2) is 0 Å². The second-order valence-electron chi connectivity index (χ2n) is 3.66. The van der Waals surface area contributed by atoms with Crippen LogP contribution in [0.2, 0.25) is 0 Å². The molecule has 0 fully saturated rings. The monoisotopic (exact) mass is 240 g/mol. The van der Waals surface area contributed by atoms with Gasteiger partial charge in [0.2, 0.25) is 0 Å². The Morgan fingerprint density at radius 3 is 2.39 bits per heavy atom. The summed E-state index contributed by atoms with van der Waals surface area (Å²) in [6.07, 6.45) is 3.55. The largest absolute Gasteiger partial charge is 0.356 e. The molecule has 0 aromatic heterocycles. The highest BCUT2D eigenvalue weighted by Crippen LogP contribution is 2.23. The van der Waals surface area contributed by atoms with Crippen molar-refractivity contribution >= 4 is 17.5 Å². The van der Waals surface area contributed by atoms with Gasteiger partial charge < -0.3 is 5.32 Å². The fourth-order valence-electron chi connectivity index (χ4n) is 1.55. The number of nitro groups is 1. The maximum Gasteiger partial charge on any atom is 0.292 e. The molecule has 0 unspecified atom stereocenters. The highest BCUT2D eigenvalue weighted by Gasteiger charge is 2.10. The Hall–Kier alpha value is -2.62. The van der Waals surface area contributed by atoms with Crippen molar-refractivity contribution in [1.29, 1.82) is 0 Å². The quantitative estimate of drug-likeness (QED) is 0.655. The van der Waals surface area contributed by atoms with Crippen LogP contribution in [0.25, 0.3) is 6.08 Å². The molecule has 2 rings (SSSR count). The van der Waals surface area contributed by atoms with Crippen LogP contribution in [0.3, 0.4) is 0 Å². The van der Waals surface area contributed by atoms with Crippen molar-refractivity contribution < 1.29 is 4.92 Å². The number of nitrogens with zero attached hydrogens (tertiary/aromatic N) is 1. The van der Waals surface area contributed by atoms with Gasteiger partial charge in [0.05, 0.1) is 4.92 Å². The standard InChI is InChI=1S/C14H12N2O2/c17-16(18)14-9-5-4-8-13(14)15-11-10-12-6-2-1-3-7-12/h1-11,15H. The molecular weight excluding hydrogens is 228 g/mol. The molecule has 18 heavy (non-hydrogen) atoms. The zero-order valence-corrected chi connectivity index (χ0v) is 9.61. The van der Waals surface area contributed by atoms with Crippen LogP contribution < -0.4 is 5.32 Å². The number of anilines is 1. The van der Waals surface area contributed by atoms with E-state index in [-0.39, 0.29) is 5.69 Å². The number of benzene rings is 2. The summed E-state index contributed by atoms with van der Waals surface area (Å²) < 4.78 is 0. The highest BCUT2D eigenvalue weighted by molar-refractivity contribution is 5.64. The van der Waals surface area contributed by atoms with Crippen LogP contribution >= 0.6 is 0 Å². The van der Waals surface area contributed by atoms with E-state index in [4.69, 9.17) is 0 Å². The lowest BCUT2D eigenvalue weighted by Gasteiger charge is -2.01. The van der Waals surface area contributed by atoms with Crippen molar-refractivity contribution in [3.05, 3.63) is 76.5 Å². The smallest absolute Gasteiger partial charge is 0.292 e. The summed E-state index contributed by atoms with van der Waals surface area (Å²) in [6, 6.07) is 16.3. The summed E-state index contributed by atoms with van der Waals surface area (Å²) in [6.45, 7) is 0. The van der Waals surface area contributed by atoms with E-state index >= 15 is 0 Å². The second-order valence-corrected chi connectivity index (χ2v) is 3.66. The van der Waals surface area contributed by atoms with E-state index in [2.05, 4.69) is 5.32 Å². The van der Waals surface area contributed by atoms with Gasteiger partial charge in [0.25, 0.3) is 5.69 Å². The molecule has 0 spiro atoms. The number of nitro benzene ring substituents is 1. The minimum absolute atomic E-state index is 0.0650. The van der Waals surface area contributed by atoms with E-state index < -0.39 is 4.92 Å². The predicted octanol–water partition coefficient (Wildman–Crippen LogP) is 3.68. The second kappa shape index (κ2) is 5.63. The summed E-state index contributed by atoms with van der Waals surface area (Å²) in [5.74, 6) is 0. The lowest BCUT2D eigenvalue weighted by molar-refractivity contribution is -0.383. The summed E-state index contributed by atoms with van der Waals surface area (Å²) in [5, 5.41) is 13.7. The molecule has 4 heteroatoms. The van der Waals surface area contributed by atoms with Gasteiger partial charge in [-0.3, -0.25) is 10.1 Å². The average Bonchev–Trinajstić information content (AvgIpc) is 2.40. The maximum absolute atomic E-state index is 10.8. The maximum atomic E-state index is 10.8. The van der Waals surface area contributed by atoms with Crippen molar-refractivity contribution in [3.8, 4) is 0 Å². The number of nitrogens with one attached hydrogen (secondary N) is 1. The Labute approximate surface area is 105 Å². The van der Waals surface area contributed by atoms with Gasteiger partial charge in [-0.25, -0.2) is 0 Å². The van der Waals surface area contributed by atoms with Crippen LogP contribution in [-0.2, 0) is 0 Å². The Kier molecular flexibility index (Phi) is 3.71. The number of para-hydroxylation sites is 2. The normalized spacial score (nSPS) is 10.4. The van der Waals surface area contributed by atoms with Crippen LogP contribution in [0.5, 0.6) is 0 Å². The van der Waals surface area contributed by atoms with E-state index in [9.17, 15) is 10.1 Å². The Morgan fingerprint density at radius 1 is 1.00 bits per heavy atom. The van der Waals surface area contributed by atoms with Gasteiger partial charge in [-0.1, -0.05) is 42.5 Å². The lowest BCUT2D eigenvalue weighted by Crippen LogP contribution is -1.95. The summed E-state index contributed by atoms with van der Waals surface area (Å²) in [4.78, 5) is 10.4. The minimum Gasteiger partial charge on any atom is -0.356 e. The molecule has 0 aliphatic carbocycles. The molecule has 0 aliphatic heterocycles. The predicted molar refractivity (Wildman–Crippen MR) is 72.2 cm³/mol. The van der Waals surface area contributed by atoms with Crippen LogP contribution in [0, 0.1) is 10.1 Å². The Morgan fingerprint density at radius 2 is 1.67 bits per heavy atom. The molecule has 0 saturated heterocycles. The van der Waals surface area contributed by atoms with Gasteiger partial charge in [0, 0.05) is 12.3 Å². The highest BCUT2D eigenvalue weighted by atomic mass is 16.6. The fourth-order valence-corrected chi connectivity index (χ4v) is 1.55. The van der Waals surface area contributed by atoms with Crippen molar-refractivity contribution in [1.82, 2.24) is 0 Å². The molecule has 0 amide bonds. The van der Waals surface area contributed by atoms with Gasteiger partial charge in [-0.15, -0.1) is 0 Å². The topological polar surface area (TPSA) is 55.2 Å². The molecule has 0 saturated carbocycles. The first-order chi connectivity index (χ1) is 8.77. The zero-order chi connectivity index (χ0) is 12.8.